The van der Waals surface area contributed by atoms with E-state index in [4.69, 9.17) is 14.6 Å². The molecule has 1 aromatic rings. The number of carboxylic acid groups (broad SMARTS) is 1. The van der Waals surface area contributed by atoms with Crippen molar-refractivity contribution in [3.05, 3.63) is 23.3 Å². The number of rotatable bonds is 5. The molecule has 0 aliphatic heterocycles. The zero-order valence-corrected chi connectivity index (χ0v) is 10.6. The highest BCUT2D eigenvalue weighted by Gasteiger charge is 2.17. The van der Waals surface area contributed by atoms with Crippen molar-refractivity contribution >= 4 is 5.97 Å². The molecule has 0 aliphatic rings. The number of carbonyl (C=O) groups is 1. The van der Waals surface area contributed by atoms with Crippen molar-refractivity contribution in [2.24, 2.45) is 5.92 Å². The van der Waals surface area contributed by atoms with E-state index in [1.165, 1.54) is 0 Å². The van der Waals surface area contributed by atoms with E-state index >= 15 is 0 Å². The molecule has 1 aromatic carbocycles. The molecule has 0 amide bonds. The first-order valence-electron chi connectivity index (χ1n) is 5.44. The third-order valence-corrected chi connectivity index (χ3v) is 2.65. The molecule has 1 N–H and O–H groups in total. The van der Waals surface area contributed by atoms with Crippen LogP contribution >= 0.6 is 0 Å². The van der Waals surface area contributed by atoms with Crippen LogP contribution in [-0.2, 0) is 11.2 Å². The summed E-state index contributed by atoms with van der Waals surface area (Å²) in [6, 6.07) is 3.80. The Balaban J connectivity index is 3.12. The summed E-state index contributed by atoms with van der Waals surface area (Å²) in [5.41, 5.74) is 1.88. The molecule has 17 heavy (non-hydrogen) atoms. The molecule has 4 nitrogen and oxygen atoms in total. The van der Waals surface area contributed by atoms with Gasteiger partial charge in [-0.05, 0) is 30.5 Å². The van der Waals surface area contributed by atoms with Gasteiger partial charge >= 0.3 is 5.97 Å². The standard InChI is InChI=1S/C13H18O4/c1-8-5-10(7-9(2)13(14)15)12(17-4)11(6-8)16-3/h5-6,9H,7H2,1-4H3,(H,14,15). The SMILES string of the molecule is COc1cc(C)cc(CC(C)C(=O)O)c1OC. The van der Waals surface area contributed by atoms with E-state index in [1.807, 2.05) is 19.1 Å². The Morgan fingerprint density at radius 2 is 2.00 bits per heavy atom. The van der Waals surface area contributed by atoms with Crippen LogP contribution in [0.3, 0.4) is 0 Å². The number of carboxylic acids is 1. The summed E-state index contributed by atoms with van der Waals surface area (Å²) < 4.78 is 10.5. The molecular weight excluding hydrogens is 220 g/mol. The van der Waals surface area contributed by atoms with Crippen molar-refractivity contribution in [1.82, 2.24) is 0 Å². The van der Waals surface area contributed by atoms with Gasteiger partial charge in [-0.1, -0.05) is 13.0 Å². The van der Waals surface area contributed by atoms with Crippen LogP contribution in [0.4, 0.5) is 0 Å². The quantitative estimate of drug-likeness (QED) is 0.855. The molecule has 1 atom stereocenters. The Morgan fingerprint density at radius 3 is 2.47 bits per heavy atom. The zero-order chi connectivity index (χ0) is 13.0. The second-order valence-corrected chi connectivity index (χ2v) is 4.10. The van der Waals surface area contributed by atoms with Crippen molar-refractivity contribution in [2.75, 3.05) is 14.2 Å². The van der Waals surface area contributed by atoms with E-state index in [1.54, 1.807) is 21.1 Å². The summed E-state index contributed by atoms with van der Waals surface area (Å²) in [5, 5.41) is 8.93. The molecule has 0 radical (unpaired) electrons. The zero-order valence-electron chi connectivity index (χ0n) is 10.6. The van der Waals surface area contributed by atoms with Crippen LogP contribution in [0.1, 0.15) is 18.1 Å². The molecule has 0 spiro atoms. The maximum atomic E-state index is 10.9. The van der Waals surface area contributed by atoms with Crippen LogP contribution < -0.4 is 9.47 Å². The maximum absolute atomic E-state index is 10.9. The molecular formula is C13H18O4. The van der Waals surface area contributed by atoms with Gasteiger partial charge in [0, 0.05) is 0 Å². The molecule has 94 valence electrons. The highest BCUT2D eigenvalue weighted by molar-refractivity contribution is 5.70. The molecule has 0 saturated carbocycles. The monoisotopic (exact) mass is 238 g/mol. The number of aryl methyl sites for hydroxylation is 1. The van der Waals surface area contributed by atoms with E-state index in [9.17, 15) is 4.79 Å². The average Bonchev–Trinajstić information content (AvgIpc) is 2.27. The lowest BCUT2D eigenvalue weighted by Crippen LogP contribution is -2.13. The summed E-state index contributed by atoms with van der Waals surface area (Å²) in [4.78, 5) is 10.9. The van der Waals surface area contributed by atoms with Crippen molar-refractivity contribution in [3.63, 3.8) is 0 Å². The fourth-order valence-corrected chi connectivity index (χ4v) is 1.76. The molecule has 0 bridgehead atoms. The lowest BCUT2D eigenvalue weighted by atomic mass is 9.98. The summed E-state index contributed by atoms with van der Waals surface area (Å²) in [5.74, 6) is -0.00535. The molecule has 0 fully saturated rings. The lowest BCUT2D eigenvalue weighted by Gasteiger charge is -2.15. The third kappa shape index (κ3) is 3.12. The predicted octanol–water partition coefficient (Wildman–Crippen LogP) is 2.28. The normalized spacial score (nSPS) is 12.0. The topological polar surface area (TPSA) is 55.8 Å². The Labute approximate surface area is 101 Å². The summed E-state index contributed by atoms with van der Waals surface area (Å²) in [7, 11) is 3.13. The molecule has 0 aromatic heterocycles. The molecule has 1 rings (SSSR count). The number of aliphatic carboxylic acids is 1. The van der Waals surface area contributed by atoms with Crippen molar-refractivity contribution < 1.29 is 19.4 Å². The number of ether oxygens (including phenoxy) is 2. The lowest BCUT2D eigenvalue weighted by molar-refractivity contribution is -0.141. The van der Waals surface area contributed by atoms with E-state index in [0.29, 0.717) is 17.9 Å². The number of hydrogen-bond donors (Lipinski definition) is 1. The van der Waals surface area contributed by atoms with E-state index < -0.39 is 11.9 Å². The van der Waals surface area contributed by atoms with Crippen molar-refractivity contribution in [1.29, 1.82) is 0 Å². The van der Waals surface area contributed by atoms with E-state index in [2.05, 4.69) is 0 Å². The van der Waals surface area contributed by atoms with Crippen LogP contribution in [0.25, 0.3) is 0 Å². The Morgan fingerprint density at radius 1 is 1.35 bits per heavy atom. The van der Waals surface area contributed by atoms with Crippen molar-refractivity contribution in [3.8, 4) is 11.5 Å². The first-order valence-corrected chi connectivity index (χ1v) is 5.44. The minimum absolute atomic E-state index is 0.427. The molecule has 1 unspecified atom stereocenters. The second-order valence-electron chi connectivity index (χ2n) is 4.10. The van der Waals surface area contributed by atoms with Gasteiger partial charge in [0.2, 0.25) is 0 Å². The Bertz CT molecular complexity index is 412. The van der Waals surface area contributed by atoms with Gasteiger partial charge in [-0.15, -0.1) is 0 Å². The third-order valence-electron chi connectivity index (χ3n) is 2.65. The fraction of sp³-hybridized carbons (Fsp3) is 0.462. The number of methoxy groups -OCH3 is 2. The first-order chi connectivity index (χ1) is 7.99. The summed E-state index contributed by atoms with van der Waals surface area (Å²) in [6.45, 7) is 3.62. The first kappa shape index (κ1) is 13.4. The van der Waals surface area contributed by atoms with Gasteiger partial charge in [-0.2, -0.15) is 0 Å². The van der Waals surface area contributed by atoms with Crippen LogP contribution in [-0.4, -0.2) is 25.3 Å². The maximum Gasteiger partial charge on any atom is 0.306 e. The average molecular weight is 238 g/mol. The van der Waals surface area contributed by atoms with E-state index in [-0.39, 0.29) is 0 Å². The molecule has 0 saturated heterocycles. The molecule has 0 heterocycles. The summed E-state index contributed by atoms with van der Waals surface area (Å²) >= 11 is 0. The van der Waals surface area contributed by atoms with E-state index in [0.717, 1.165) is 11.1 Å². The molecule has 4 heteroatoms. The Kier molecular flexibility index (Phi) is 4.37. The highest BCUT2D eigenvalue weighted by atomic mass is 16.5. The van der Waals surface area contributed by atoms with Gasteiger partial charge in [-0.25, -0.2) is 0 Å². The molecule has 0 aliphatic carbocycles. The van der Waals surface area contributed by atoms with Gasteiger partial charge in [0.1, 0.15) is 0 Å². The predicted molar refractivity (Wildman–Crippen MR) is 64.8 cm³/mol. The second kappa shape index (κ2) is 5.57. The number of benzene rings is 1. The van der Waals surface area contributed by atoms with Gasteiger partial charge in [0.05, 0.1) is 20.1 Å². The van der Waals surface area contributed by atoms with Gasteiger partial charge in [0.25, 0.3) is 0 Å². The highest BCUT2D eigenvalue weighted by Crippen LogP contribution is 2.33. The largest absolute Gasteiger partial charge is 0.493 e. The van der Waals surface area contributed by atoms with Crippen LogP contribution in [0.5, 0.6) is 11.5 Å². The minimum Gasteiger partial charge on any atom is -0.493 e. The fourth-order valence-electron chi connectivity index (χ4n) is 1.76. The summed E-state index contributed by atoms with van der Waals surface area (Å²) in [6.07, 6.45) is 0.427. The number of hydrogen-bond acceptors (Lipinski definition) is 3. The van der Waals surface area contributed by atoms with Crippen molar-refractivity contribution in [2.45, 2.75) is 20.3 Å². The smallest absolute Gasteiger partial charge is 0.306 e. The van der Waals surface area contributed by atoms with Crippen LogP contribution in [0.2, 0.25) is 0 Å². The Hall–Kier alpha value is -1.71. The van der Waals surface area contributed by atoms with Crippen LogP contribution in [0, 0.1) is 12.8 Å². The van der Waals surface area contributed by atoms with Crippen LogP contribution in [0.15, 0.2) is 12.1 Å². The van der Waals surface area contributed by atoms with Gasteiger partial charge in [-0.3, -0.25) is 4.79 Å². The van der Waals surface area contributed by atoms with Gasteiger partial charge < -0.3 is 14.6 Å². The minimum atomic E-state index is -0.812. The van der Waals surface area contributed by atoms with Gasteiger partial charge in [0.15, 0.2) is 11.5 Å².